The molecule has 0 rings (SSSR count). The molecule has 1 amide bonds. The largest absolute Gasteiger partial charge is 0.346 e. The Kier molecular flexibility index (Phi) is 9.56. The van der Waals surface area contributed by atoms with E-state index in [1.54, 1.807) is 0 Å². The third-order valence-corrected chi connectivity index (χ3v) is 2.37. The summed E-state index contributed by atoms with van der Waals surface area (Å²) in [5, 5.41) is 2.52. The number of carbonyl (C=O) groups excluding carboxylic acids is 3. The first kappa shape index (κ1) is 14.8. The van der Waals surface area contributed by atoms with E-state index in [2.05, 4.69) is 12.2 Å². The van der Waals surface area contributed by atoms with Gasteiger partial charge in [0, 0.05) is 12.8 Å². The molecule has 0 fully saturated rings. The molecule has 0 aliphatic heterocycles. The maximum atomic E-state index is 11.3. The lowest BCUT2D eigenvalue weighted by Crippen LogP contribution is -2.36. The minimum absolute atomic E-state index is 0.0606. The van der Waals surface area contributed by atoms with Gasteiger partial charge < -0.3 is 14.9 Å². The molecule has 0 radical (unpaired) electrons. The van der Waals surface area contributed by atoms with Gasteiger partial charge in [-0.1, -0.05) is 32.6 Å². The van der Waals surface area contributed by atoms with Crippen LogP contribution in [0.25, 0.3) is 0 Å². The maximum absolute atomic E-state index is 11.3. The molecule has 0 unspecified atom stereocenters. The quantitative estimate of drug-likeness (QED) is 0.455. The molecule has 0 aliphatic carbocycles. The van der Waals surface area contributed by atoms with E-state index in [0.29, 0.717) is 19.0 Å². The number of hydrogen-bond donors (Lipinski definition) is 1. The number of unbranched alkanes of at least 4 members (excludes halogenated alkanes) is 4. The second kappa shape index (κ2) is 10.3. The number of hydrogen-bond acceptors (Lipinski definition) is 3. The lowest BCUT2D eigenvalue weighted by Gasteiger charge is -2.09. The van der Waals surface area contributed by atoms with Crippen molar-refractivity contribution in [3.8, 4) is 0 Å². The average Bonchev–Trinajstić information content (AvgIpc) is 2.28. The minimum atomic E-state index is -0.652. The zero-order valence-electron chi connectivity index (χ0n) is 9.91. The van der Waals surface area contributed by atoms with E-state index < -0.39 is 6.04 Å². The second-order valence-electron chi connectivity index (χ2n) is 3.88. The van der Waals surface area contributed by atoms with Crippen LogP contribution in [0.2, 0.25) is 0 Å². The van der Waals surface area contributed by atoms with Crippen molar-refractivity contribution in [2.24, 2.45) is 0 Å². The Morgan fingerprint density at radius 3 is 2.44 bits per heavy atom. The van der Waals surface area contributed by atoms with Crippen LogP contribution in [-0.4, -0.2) is 24.5 Å². The molecule has 1 atom stereocenters. The highest BCUT2D eigenvalue weighted by molar-refractivity contribution is 5.80. The molecule has 0 saturated carbocycles. The highest BCUT2D eigenvalue weighted by Crippen LogP contribution is 2.04. The highest BCUT2D eigenvalue weighted by Gasteiger charge is 2.09. The van der Waals surface area contributed by atoms with E-state index in [9.17, 15) is 14.4 Å². The van der Waals surface area contributed by atoms with Crippen molar-refractivity contribution in [2.75, 3.05) is 0 Å². The van der Waals surface area contributed by atoms with Crippen LogP contribution < -0.4 is 5.32 Å². The predicted molar refractivity (Wildman–Crippen MR) is 62.1 cm³/mol. The summed E-state index contributed by atoms with van der Waals surface area (Å²) in [6, 6.07) is -0.652. The third kappa shape index (κ3) is 8.15. The number of nitrogens with one attached hydrogen (secondary N) is 1. The Labute approximate surface area is 96.8 Å². The third-order valence-electron chi connectivity index (χ3n) is 2.37. The molecule has 16 heavy (non-hydrogen) atoms. The summed E-state index contributed by atoms with van der Waals surface area (Å²) in [4.78, 5) is 32.0. The Morgan fingerprint density at radius 2 is 1.88 bits per heavy atom. The van der Waals surface area contributed by atoms with E-state index in [1.807, 2.05) is 0 Å². The van der Waals surface area contributed by atoms with Crippen LogP contribution in [0.1, 0.15) is 51.9 Å². The van der Waals surface area contributed by atoms with Gasteiger partial charge in [0.05, 0.1) is 6.04 Å². The molecule has 4 nitrogen and oxygen atoms in total. The minimum Gasteiger partial charge on any atom is -0.346 e. The first-order valence-corrected chi connectivity index (χ1v) is 5.92. The summed E-state index contributed by atoms with van der Waals surface area (Å²) in [5.41, 5.74) is 0. The van der Waals surface area contributed by atoms with Crippen LogP contribution >= 0.6 is 0 Å². The smallest absolute Gasteiger partial charge is 0.220 e. The van der Waals surface area contributed by atoms with Crippen LogP contribution in [0.4, 0.5) is 0 Å². The molecule has 0 aromatic rings. The van der Waals surface area contributed by atoms with Crippen molar-refractivity contribution in [3.05, 3.63) is 0 Å². The van der Waals surface area contributed by atoms with Crippen molar-refractivity contribution >= 4 is 18.5 Å². The number of rotatable bonds is 10. The number of carbonyl (C=O) groups is 3. The van der Waals surface area contributed by atoms with E-state index in [-0.39, 0.29) is 12.3 Å². The summed E-state index contributed by atoms with van der Waals surface area (Å²) >= 11 is 0. The fourth-order valence-electron chi connectivity index (χ4n) is 1.42. The molecular formula is C12H21NO3. The van der Waals surface area contributed by atoms with Gasteiger partial charge in [0.1, 0.15) is 12.6 Å². The highest BCUT2D eigenvalue weighted by atomic mass is 16.2. The lowest BCUT2D eigenvalue weighted by atomic mass is 10.1. The van der Waals surface area contributed by atoms with Crippen LogP contribution in [-0.2, 0) is 14.4 Å². The Morgan fingerprint density at radius 1 is 1.19 bits per heavy atom. The normalized spacial score (nSPS) is 11.8. The maximum Gasteiger partial charge on any atom is 0.220 e. The molecular weight excluding hydrogens is 206 g/mol. The molecule has 0 aliphatic rings. The van der Waals surface area contributed by atoms with Gasteiger partial charge in [-0.3, -0.25) is 4.79 Å². The van der Waals surface area contributed by atoms with E-state index >= 15 is 0 Å². The van der Waals surface area contributed by atoms with E-state index in [0.717, 1.165) is 19.3 Å². The SMILES string of the molecule is CCCCCCCC(=O)N[C@@H](C=O)CC=O. The van der Waals surface area contributed by atoms with Gasteiger partial charge in [0.25, 0.3) is 0 Å². The van der Waals surface area contributed by atoms with Gasteiger partial charge in [0.15, 0.2) is 0 Å². The molecule has 0 aromatic heterocycles. The predicted octanol–water partition coefficient (Wildman–Crippen LogP) is 1.62. The fourth-order valence-corrected chi connectivity index (χ4v) is 1.42. The molecule has 0 saturated heterocycles. The summed E-state index contributed by atoms with van der Waals surface area (Å²) in [7, 11) is 0. The summed E-state index contributed by atoms with van der Waals surface area (Å²) in [6.45, 7) is 2.14. The number of aldehydes is 2. The van der Waals surface area contributed by atoms with Gasteiger partial charge >= 0.3 is 0 Å². The topological polar surface area (TPSA) is 63.2 Å². The first-order chi connectivity index (χ1) is 7.74. The molecule has 4 heteroatoms. The van der Waals surface area contributed by atoms with Gasteiger partial charge in [-0.25, -0.2) is 0 Å². The van der Waals surface area contributed by atoms with E-state index in [4.69, 9.17) is 0 Å². The van der Waals surface area contributed by atoms with Crippen molar-refractivity contribution < 1.29 is 14.4 Å². The molecule has 0 heterocycles. The zero-order valence-corrected chi connectivity index (χ0v) is 9.91. The second-order valence-corrected chi connectivity index (χ2v) is 3.88. The Bertz CT molecular complexity index is 216. The average molecular weight is 227 g/mol. The van der Waals surface area contributed by atoms with Crippen molar-refractivity contribution in [1.29, 1.82) is 0 Å². The molecule has 92 valence electrons. The van der Waals surface area contributed by atoms with Gasteiger partial charge in [-0.15, -0.1) is 0 Å². The Hall–Kier alpha value is -1.19. The van der Waals surface area contributed by atoms with Crippen molar-refractivity contribution in [3.63, 3.8) is 0 Å². The Balaban J connectivity index is 3.56. The first-order valence-electron chi connectivity index (χ1n) is 5.92. The van der Waals surface area contributed by atoms with Gasteiger partial charge in [-0.2, -0.15) is 0 Å². The van der Waals surface area contributed by atoms with Crippen LogP contribution in [0.15, 0.2) is 0 Å². The number of amides is 1. The lowest BCUT2D eigenvalue weighted by molar-refractivity contribution is -0.124. The van der Waals surface area contributed by atoms with Crippen LogP contribution in [0, 0.1) is 0 Å². The summed E-state index contributed by atoms with van der Waals surface area (Å²) in [5.74, 6) is -0.143. The van der Waals surface area contributed by atoms with Gasteiger partial charge in [0.2, 0.25) is 5.91 Å². The standard InChI is InChI=1S/C12H21NO3/c1-2-3-4-5-6-7-12(16)13-11(10-15)8-9-14/h9-11H,2-8H2,1H3,(H,13,16)/t11-/m1/s1. The monoisotopic (exact) mass is 227 g/mol. The van der Waals surface area contributed by atoms with Crippen molar-refractivity contribution in [1.82, 2.24) is 5.32 Å². The molecule has 0 spiro atoms. The molecule has 1 N–H and O–H groups in total. The van der Waals surface area contributed by atoms with Gasteiger partial charge in [-0.05, 0) is 6.42 Å². The van der Waals surface area contributed by atoms with Crippen LogP contribution in [0.3, 0.4) is 0 Å². The summed E-state index contributed by atoms with van der Waals surface area (Å²) in [6.07, 6.45) is 7.15. The fraction of sp³-hybridized carbons (Fsp3) is 0.750. The van der Waals surface area contributed by atoms with Crippen molar-refractivity contribution in [2.45, 2.75) is 57.9 Å². The molecule has 0 bridgehead atoms. The van der Waals surface area contributed by atoms with Crippen LogP contribution in [0.5, 0.6) is 0 Å². The van der Waals surface area contributed by atoms with E-state index in [1.165, 1.54) is 12.8 Å². The zero-order chi connectivity index (χ0) is 12.2. The summed E-state index contributed by atoms with van der Waals surface area (Å²) < 4.78 is 0. The molecule has 0 aromatic carbocycles.